The van der Waals surface area contributed by atoms with E-state index < -0.39 is 0 Å². The van der Waals surface area contributed by atoms with E-state index in [4.69, 9.17) is 14.0 Å². The van der Waals surface area contributed by atoms with Crippen LogP contribution in [-0.4, -0.2) is 43.1 Å². The molecule has 0 bridgehead atoms. The molecule has 23 heavy (non-hydrogen) atoms. The van der Waals surface area contributed by atoms with E-state index in [1.54, 1.807) is 0 Å². The minimum absolute atomic E-state index is 0.172. The Morgan fingerprint density at radius 2 is 2.22 bits per heavy atom. The Balaban J connectivity index is 1.61. The van der Waals surface area contributed by atoms with Gasteiger partial charge in [0.05, 0.1) is 18.6 Å². The van der Waals surface area contributed by atoms with Crippen molar-refractivity contribution in [3.63, 3.8) is 0 Å². The number of ether oxygens (including phenoxy) is 2. The molecule has 4 rings (SSSR count). The third-order valence-electron chi connectivity index (χ3n) is 4.86. The number of aromatic nitrogens is 2. The minimum atomic E-state index is -0.172. The molecule has 1 aromatic heterocycles. The Morgan fingerprint density at radius 1 is 1.35 bits per heavy atom. The van der Waals surface area contributed by atoms with E-state index in [2.05, 4.69) is 15.5 Å². The highest BCUT2D eigenvalue weighted by atomic mass is 16.5. The third kappa shape index (κ3) is 2.52. The van der Waals surface area contributed by atoms with Crippen LogP contribution in [0.15, 0.2) is 28.8 Å². The van der Waals surface area contributed by atoms with Gasteiger partial charge in [0.25, 0.3) is 0 Å². The molecule has 2 saturated heterocycles. The molecule has 2 aromatic rings. The fourth-order valence-corrected chi connectivity index (χ4v) is 3.56. The van der Waals surface area contributed by atoms with Gasteiger partial charge in [0.2, 0.25) is 11.7 Å². The van der Waals surface area contributed by atoms with Crippen LogP contribution in [-0.2, 0) is 10.2 Å². The lowest BCUT2D eigenvalue weighted by atomic mass is 9.75. The molecule has 2 aliphatic rings. The molecule has 1 N–H and O–H groups in total. The quantitative estimate of drug-likeness (QED) is 0.931. The lowest BCUT2D eigenvalue weighted by molar-refractivity contribution is 0.00198. The van der Waals surface area contributed by atoms with E-state index in [1.165, 1.54) is 0 Å². The zero-order valence-electron chi connectivity index (χ0n) is 13.2. The average Bonchev–Trinajstić information content (AvgIpc) is 3.23. The predicted molar refractivity (Wildman–Crippen MR) is 84.4 cm³/mol. The van der Waals surface area contributed by atoms with E-state index in [-0.39, 0.29) is 5.41 Å². The highest BCUT2D eigenvalue weighted by molar-refractivity contribution is 5.55. The van der Waals surface area contributed by atoms with Gasteiger partial charge >= 0.3 is 0 Å². The highest BCUT2D eigenvalue weighted by Crippen LogP contribution is 2.40. The molecule has 6 heteroatoms. The van der Waals surface area contributed by atoms with Crippen LogP contribution in [0.1, 0.15) is 19.2 Å². The summed E-state index contributed by atoms with van der Waals surface area (Å²) in [4.78, 5) is 4.67. The van der Waals surface area contributed by atoms with Gasteiger partial charge in [-0.05, 0) is 50.1 Å². The maximum atomic E-state index is 5.71. The maximum absolute atomic E-state index is 5.71. The fraction of sp³-hybridized carbons (Fsp3) is 0.529. The van der Waals surface area contributed by atoms with E-state index in [0.29, 0.717) is 30.8 Å². The van der Waals surface area contributed by atoms with Gasteiger partial charge in [0.1, 0.15) is 5.75 Å². The first-order valence-electron chi connectivity index (χ1n) is 8.18. The van der Waals surface area contributed by atoms with Crippen molar-refractivity contribution in [2.45, 2.75) is 18.8 Å². The molecular formula is C17H21N3O3. The number of nitrogens with zero attached hydrogens (tertiary/aromatic N) is 2. The van der Waals surface area contributed by atoms with Crippen LogP contribution in [0.25, 0.3) is 11.4 Å². The molecule has 0 saturated carbocycles. The largest absolute Gasteiger partial charge is 0.494 e. The van der Waals surface area contributed by atoms with E-state index in [9.17, 15) is 0 Å². The van der Waals surface area contributed by atoms with Crippen LogP contribution in [0.3, 0.4) is 0 Å². The Kier molecular flexibility index (Phi) is 3.79. The summed E-state index contributed by atoms with van der Waals surface area (Å²) in [5.41, 5.74) is 0.758. The van der Waals surface area contributed by atoms with Crippen molar-refractivity contribution in [2.75, 3.05) is 32.9 Å². The van der Waals surface area contributed by atoms with Crippen LogP contribution >= 0.6 is 0 Å². The first kappa shape index (κ1) is 14.7. The van der Waals surface area contributed by atoms with Gasteiger partial charge in [0, 0.05) is 18.7 Å². The number of nitrogens with one attached hydrogen (secondary N) is 1. The zero-order valence-corrected chi connectivity index (χ0v) is 13.2. The first-order valence-corrected chi connectivity index (χ1v) is 8.18. The van der Waals surface area contributed by atoms with Crippen molar-refractivity contribution in [1.29, 1.82) is 0 Å². The van der Waals surface area contributed by atoms with Crippen LogP contribution < -0.4 is 10.1 Å². The molecule has 0 aliphatic carbocycles. The lowest BCUT2D eigenvalue weighted by Crippen LogP contribution is -2.44. The summed E-state index contributed by atoms with van der Waals surface area (Å²) in [5, 5.41) is 7.63. The van der Waals surface area contributed by atoms with Gasteiger partial charge in [-0.25, -0.2) is 0 Å². The first-order chi connectivity index (χ1) is 11.3. The zero-order chi connectivity index (χ0) is 15.7. The van der Waals surface area contributed by atoms with Crippen molar-refractivity contribution >= 4 is 0 Å². The molecule has 0 amide bonds. The molecule has 2 fully saturated rings. The van der Waals surface area contributed by atoms with E-state index in [1.807, 2.05) is 31.2 Å². The summed E-state index contributed by atoms with van der Waals surface area (Å²) >= 11 is 0. The number of fused-ring (bicyclic) bond motifs is 1. The number of hydrogen-bond acceptors (Lipinski definition) is 6. The second-order valence-electron chi connectivity index (χ2n) is 6.21. The summed E-state index contributed by atoms with van der Waals surface area (Å²) < 4.78 is 16.8. The Hall–Kier alpha value is -1.92. The standard InChI is InChI=1S/C17H21N3O3/c1-2-22-14-5-3-12(4-6-14)15-19-16(23-20-15)17-10-18-9-13(17)7-8-21-11-17/h3-6,13,18H,2,7-11H2,1H3/t13-,17+/m1/s1. The van der Waals surface area contributed by atoms with Crippen molar-refractivity contribution in [3.8, 4) is 17.1 Å². The summed E-state index contributed by atoms with van der Waals surface area (Å²) in [6.07, 6.45) is 1.04. The molecule has 122 valence electrons. The van der Waals surface area contributed by atoms with Crippen molar-refractivity contribution in [2.24, 2.45) is 5.92 Å². The fourth-order valence-electron chi connectivity index (χ4n) is 3.56. The van der Waals surface area contributed by atoms with Gasteiger partial charge in [0.15, 0.2) is 0 Å². The maximum Gasteiger partial charge on any atom is 0.237 e. The summed E-state index contributed by atoms with van der Waals surface area (Å²) in [7, 11) is 0. The summed E-state index contributed by atoms with van der Waals surface area (Å²) in [6.45, 7) is 5.91. The average molecular weight is 315 g/mol. The van der Waals surface area contributed by atoms with E-state index in [0.717, 1.165) is 37.4 Å². The van der Waals surface area contributed by atoms with Crippen molar-refractivity contribution < 1.29 is 14.0 Å². The molecular weight excluding hydrogens is 294 g/mol. The second-order valence-corrected chi connectivity index (χ2v) is 6.21. The van der Waals surface area contributed by atoms with Gasteiger partial charge < -0.3 is 19.3 Å². The van der Waals surface area contributed by atoms with Gasteiger partial charge in [-0.2, -0.15) is 4.98 Å². The topological polar surface area (TPSA) is 69.4 Å². The van der Waals surface area contributed by atoms with Gasteiger partial charge in [-0.1, -0.05) is 5.16 Å². The van der Waals surface area contributed by atoms with Crippen molar-refractivity contribution in [1.82, 2.24) is 15.5 Å². The molecule has 1 aromatic carbocycles. The van der Waals surface area contributed by atoms with Crippen LogP contribution in [0, 0.1) is 5.92 Å². The van der Waals surface area contributed by atoms with Crippen LogP contribution in [0.5, 0.6) is 5.75 Å². The van der Waals surface area contributed by atoms with Crippen LogP contribution in [0.4, 0.5) is 0 Å². The highest BCUT2D eigenvalue weighted by Gasteiger charge is 2.50. The molecule has 3 heterocycles. The monoisotopic (exact) mass is 315 g/mol. The van der Waals surface area contributed by atoms with Crippen molar-refractivity contribution in [3.05, 3.63) is 30.2 Å². The van der Waals surface area contributed by atoms with E-state index >= 15 is 0 Å². The molecule has 0 unspecified atom stereocenters. The Morgan fingerprint density at radius 3 is 3.04 bits per heavy atom. The molecule has 0 spiro atoms. The van der Waals surface area contributed by atoms with Crippen LogP contribution in [0.2, 0.25) is 0 Å². The SMILES string of the molecule is CCOc1ccc(-c2noc([C@]34CNC[C@H]3CCOC4)n2)cc1. The number of benzene rings is 1. The molecule has 2 aliphatic heterocycles. The molecule has 0 radical (unpaired) electrons. The predicted octanol–water partition coefficient (Wildman–Crippen LogP) is 2.01. The number of hydrogen-bond donors (Lipinski definition) is 1. The number of rotatable bonds is 4. The minimum Gasteiger partial charge on any atom is -0.494 e. The second kappa shape index (κ2) is 5.94. The Labute approximate surface area is 135 Å². The Bertz CT molecular complexity index is 670. The van der Waals surface area contributed by atoms with Gasteiger partial charge in [-0.3, -0.25) is 0 Å². The molecule has 6 nitrogen and oxygen atoms in total. The van der Waals surface area contributed by atoms with Gasteiger partial charge in [-0.15, -0.1) is 0 Å². The summed E-state index contributed by atoms with van der Waals surface area (Å²) in [5.74, 6) is 2.66. The normalized spacial score (nSPS) is 26.9. The lowest BCUT2D eigenvalue weighted by Gasteiger charge is -2.34. The third-order valence-corrected chi connectivity index (χ3v) is 4.86. The summed E-state index contributed by atoms with van der Waals surface area (Å²) in [6, 6.07) is 7.77. The molecule has 2 atom stereocenters. The smallest absolute Gasteiger partial charge is 0.237 e.